The summed E-state index contributed by atoms with van der Waals surface area (Å²) >= 11 is 12.2. The third-order valence-corrected chi connectivity index (χ3v) is 5.12. The average Bonchev–Trinajstić information content (AvgIpc) is 2.63. The number of amides is 1. The molecule has 6 heteroatoms. The van der Waals surface area contributed by atoms with E-state index >= 15 is 0 Å². The number of nitrogens with one attached hydrogen (secondary N) is 1. The first-order chi connectivity index (χ1) is 12.5. The fourth-order valence-corrected chi connectivity index (χ4v) is 3.32. The minimum Gasteiger partial charge on any atom is -0.396 e. The van der Waals surface area contributed by atoms with Gasteiger partial charge in [0.2, 0.25) is 5.91 Å². The number of rotatable bonds is 9. The monoisotopic (exact) mass is 394 g/mol. The zero-order valence-electron chi connectivity index (χ0n) is 14.8. The van der Waals surface area contributed by atoms with Gasteiger partial charge < -0.3 is 10.4 Å². The van der Waals surface area contributed by atoms with Gasteiger partial charge in [0.05, 0.1) is 16.6 Å². The van der Waals surface area contributed by atoms with E-state index in [-0.39, 0.29) is 25.1 Å². The van der Waals surface area contributed by atoms with Gasteiger partial charge >= 0.3 is 0 Å². The van der Waals surface area contributed by atoms with E-state index in [0.29, 0.717) is 29.4 Å². The van der Waals surface area contributed by atoms with Gasteiger partial charge in [-0.3, -0.25) is 9.69 Å². The maximum absolute atomic E-state index is 12.3. The van der Waals surface area contributed by atoms with Crippen LogP contribution in [0, 0.1) is 0 Å². The summed E-state index contributed by atoms with van der Waals surface area (Å²) in [4.78, 5) is 14.2. The molecule has 0 bridgehead atoms. The highest BCUT2D eigenvalue weighted by Gasteiger charge is 2.18. The van der Waals surface area contributed by atoms with Gasteiger partial charge in [-0.1, -0.05) is 65.7 Å². The van der Waals surface area contributed by atoms with E-state index in [4.69, 9.17) is 23.2 Å². The topological polar surface area (TPSA) is 52.6 Å². The predicted molar refractivity (Wildman–Crippen MR) is 107 cm³/mol. The molecule has 0 aliphatic carbocycles. The van der Waals surface area contributed by atoms with Crippen molar-refractivity contribution in [3.05, 3.63) is 69.7 Å². The lowest BCUT2D eigenvalue weighted by Gasteiger charge is -2.27. The van der Waals surface area contributed by atoms with Crippen molar-refractivity contribution in [2.24, 2.45) is 0 Å². The Labute approximate surface area is 164 Å². The lowest BCUT2D eigenvalue weighted by Crippen LogP contribution is -2.38. The van der Waals surface area contributed by atoms with Crippen molar-refractivity contribution in [2.45, 2.75) is 18.9 Å². The van der Waals surface area contributed by atoms with E-state index < -0.39 is 0 Å². The summed E-state index contributed by atoms with van der Waals surface area (Å²) in [5, 5.41) is 13.3. The molecule has 0 saturated carbocycles. The minimum atomic E-state index is -0.0653. The van der Waals surface area contributed by atoms with Gasteiger partial charge in [-0.15, -0.1) is 0 Å². The SMILES string of the molecule is CN(CC(=O)NCCc1cccc(Cl)c1Cl)C(CCO)c1ccccc1. The molecule has 0 aliphatic rings. The number of hydrogen-bond acceptors (Lipinski definition) is 3. The number of benzene rings is 2. The average molecular weight is 395 g/mol. The van der Waals surface area contributed by atoms with Crippen molar-refractivity contribution in [2.75, 3.05) is 26.7 Å². The summed E-state index contributed by atoms with van der Waals surface area (Å²) in [5.74, 6) is -0.0653. The Morgan fingerprint density at radius 1 is 1.15 bits per heavy atom. The van der Waals surface area contributed by atoms with Crippen LogP contribution in [0.1, 0.15) is 23.6 Å². The van der Waals surface area contributed by atoms with Gasteiger partial charge in [-0.05, 0) is 37.1 Å². The van der Waals surface area contributed by atoms with Crippen LogP contribution >= 0.6 is 23.2 Å². The Morgan fingerprint density at radius 3 is 2.58 bits per heavy atom. The number of nitrogens with zero attached hydrogens (tertiary/aromatic N) is 1. The van der Waals surface area contributed by atoms with Gasteiger partial charge in [0.25, 0.3) is 0 Å². The van der Waals surface area contributed by atoms with Crippen LogP contribution in [0.3, 0.4) is 0 Å². The van der Waals surface area contributed by atoms with Crippen LogP contribution in [0.15, 0.2) is 48.5 Å². The van der Waals surface area contributed by atoms with Gasteiger partial charge in [0.15, 0.2) is 0 Å². The van der Waals surface area contributed by atoms with Crippen molar-refractivity contribution in [3.63, 3.8) is 0 Å². The Bertz CT molecular complexity index is 710. The Balaban J connectivity index is 1.86. The van der Waals surface area contributed by atoms with E-state index in [9.17, 15) is 9.90 Å². The summed E-state index contributed by atoms with van der Waals surface area (Å²) in [6, 6.07) is 15.4. The summed E-state index contributed by atoms with van der Waals surface area (Å²) in [6.45, 7) is 0.810. The molecule has 2 aromatic rings. The molecule has 2 N–H and O–H groups in total. The van der Waals surface area contributed by atoms with E-state index in [1.165, 1.54) is 0 Å². The van der Waals surface area contributed by atoms with E-state index in [2.05, 4.69) is 5.32 Å². The molecule has 1 amide bonds. The van der Waals surface area contributed by atoms with Gasteiger partial charge in [-0.2, -0.15) is 0 Å². The molecule has 0 radical (unpaired) electrons. The summed E-state index contributed by atoms with van der Waals surface area (Å²) < 4.78 is 0. The molecule has 140 valence electrons. The highest BCUT2D eigenvalue weighted by Crippen LogP contribution is 2.25. The quantitative estimate of drug-likeness (QED) is 0.681. The maximum Gasteiger partial charge on any atom is 0.234 e. The Morgan fingerprint density at radius 2 is 1.88 bits per heavy atom. The van der Waals surface area contributed by atoms with Gasteiger partial charge in [0.1, 0.15) is 0 Å². The fraction of sp³-hybridized carbons (Fsp3) is 0.350. The molecule has 2 aromatic carbocycles. The van der Waals surface area contributed by atoms with E-state index in [0.717, 1.165) is 11.1 Å². The molecule has 0 saturated heterocycles. The number of carbonyl (C=O) groups excluding carboxylic acids is 1. The lowest BCUT2D eigenvalue weighted by molar-refractivity contribution is -0.122. The van der Waals surface area contributed by atoms with Crippen LogP contribution in [0.4, 0.5) is 0 Å². The van der Waals surface area contributed by atoms with Crippen LogP contribution < -0.4 is 5.32 Å². The normalized spacial score (nSPS) is 12.2. The summed E-state index contributed by atoms with van der Waals surface area (Å²) in [6.07, 6.45) is 1.19. The van der Waals surface area contributed by atoms with Crippen molar-refractivity contribution in [3.8, 4) is 0 Å². The molecule has 0 aliphatic heterocycles. The van der Waals surface area contributed by atoms with E-state index in [1.54, 1.807) is 6.07 Å². The zero-order valence-corrected chi connectivity index (χ0v) is 16.3. The highest BCUT2D eigenvalue weighted by molar-refractivity contribution is 6.42. The fourth-order valence-electron chi connectivity index (χ4n) is 2.91. The first-order valence-corrected chi connectivity index (χ1v) is 9.34. The zero-order chi connectivity index (χ0) is 18.9. The maximum atomic E-state index is 12.3. The number of aliphatic hydroxyl groups excluding tert-OH is 1. The molecule has 1 unspecified atom stereocenters. The highest BCUT2D eigenvalue weighted by atomic mass is 35.5. The molecule has 26 heavy (non-hydrogen) atoms. The van der Waals surface area contributed by atoms with Crippen LogP contribution in [-0.4, -0.2) is 42.7 Å². The standard InChI is InChI=1S/C20H24Cl2N2O2/c1-24(18(11-13-25)15-6-3-2-4-7-15)14-19(26)23-12-10-16-8-5-9-17(21)20(16)22/h2-9,18,25H,10-14H2,1H3,(H,23,26). The van der Waals surface area contributed by atoms with Crippen molar-refractivity contribution in [1.82, 2.24) is 10.2 Å². The molecule has 0 fully saturated rings. The molecule has 2 rings (SSSR count). The molecule has 0 heterocycles. The third-order valence-electron chi connectivity index (χ3n) is 4.26. The second-order valence-corrected chi connectivity index (χ2v) is 6.95. The first-order valence-electron chi connectivity index (χ1n) is 8.58. The molecular formula is C20H24Cl2N2O2. The van der Waals surface area contributed by atoms with Crippen molar-refractivity contribution in [1.29, 1.82) is 0 Å². The molecule has 1 atom stereocenters. The first kappa shape index (κ1) is 20.7. The smallest absolute Gasteiger partial charge is 0.234 e. The lowest BCUT2D eigenvalue weighted by atomic mass is 10.0. The second kappa shape index (κ2) is 10.5. The van der Waals surface area contributed by atoms with Gasteiger partial charge in [0, 0.05) is 19.2 Å². The molecular weight excluding hydrogens is 371 g/mol. The number of halogens is 2. The number of likely N-dealkylation sites (N-methyl/N-ethyl adjacent to an activating group) is 1. The van der Waals surface area contributed by atoms with Crippen LogP contribution in [0.5, 0.6) is 0 Å². The second-order valence-electron chi connectivity index (χ2n) is 6.17. The Kier molecular flexibility index (Phi) is 8.39. The molecule has 4 nitrogen and oxygen atoms in total. The summed E-state index contributed by atoms with van der Waals surface area (Å²) in [5.41, 5.74) is 2.00. The van der Waals surface area contributed by atoms with Crippen LogP contribution in [0.2, 0.25) is 10.0 Å². The molecule has 0 spiro atoms. The number of hydrogen-bond donors (Lipinski definition) is 2. The molecule has 0 aromatic heterocycles. The number of carbonyl (C=O) groups is 1. The third kappa shape index (κ3) is 5.99. The van der Waals surface area contributed by atoms with Crippen molar-refractivity contribution < 1.29 is 9.90 Å². The Hall–Kier alpha value is -1.59. The van der Waals surface area contributed by atoms with Crippen molar-refractivity contribution >= 4 is 29.1 Å². The van der Waals surface area contributed by atoms with Gasteiger partial charge in [-0.25, -0.2) is 0 Å². The largest absolute Gasteiger partial charge is 0.396 e. The van der Waals surface area contributed by atoms with E-state index in [1.807, 2.05) is 54.4 Å². The minimum absolute atomic E-state index is 0.00526. The predicted octanol–water partition coefficient (Wildman–Crippen LogP) is 3.71. The van der Waals surface area contributed by atoms with Crippen LogP contribution in [-0.2, 0) is 11.2 Å². The van der Waals surface area contributed by atoms with Crippen LogP contribution in [0.25, 0.3) is 0 Å². The summed E-state index contributed by atoms with van der Waals surface area (Å²) in [7, 11) is 1.89. The number of aliphatic hydroxyl groups is 1.